The van der Waals surface area contributed by atoms with Gasteiger partial charge in [-0.15, -0.1) is 0 Å². The Balaban J connectivity index is 2.50. The Morgan fingerprint density at radius 3 is 2.61 bits per heavy atom. The molecule has 0 aromatic heterocycles. The van der Waals surface area contributed by atoms with Crippen molar-refractivity contribution in [2.75, 3.05) is 26.7 Å². The number of hydrogen-bond donors (Lipinski definition) is 1. The van der Waals surface area contributed by atoms with Gasteiger partial charge in [-0.2, -0.15) is 0 Å². The largest absolute Gasteiger partial charge is 0.379 e. The standard InChI is InChI=1S/C15H32N2O/c1-6-8-14-11-16-13(7-2)12-17(14)10-9-15(3,4)18-5/h13-14,16H,6-12H2,1-5H3. The summed E-state index contributed by atoms with van der Waals surface area (Å²) in [5.74, 6) is 0. The molecule has 1 aliphatic rings. The molecule has 0 aliphatic carbocycles. The highest BCUT2D eigenvalue weighted by Crippen LogP contribution is 2.19. The maximum Gasteiger partial charge on any atom is 0.0634 e. The zero-order valence-corrected chi connectivity index (χ0v) is 13.0. The first-order valence-electron chi connectivity index (χ1n) is 7.55. The third-order valence-electron chi connectivity index (χ3n) is 4.28. The number of piperazine rings is 1. The van der Waals surface area contributed by atoms with Crippen molar-refractivity contribution < 1.29 is 4.74 Å². The number of rotatable bonds is 7. The molecule has 0 saturated carbocycles. The van der Waals surface area contributed by atoms with Crippen LogP contribution >= 0.6 is 0 Å². The van der Waals surface area contributed by atoms with Gasteiger partial charge in [0.05, 0.1) is 5.60 Å². The van der Waals surface area contributed by atoms with Gasteiger partial charge in [0.25, 0.3) is 0 Å². The molecule has 0 aromatic rings. The lowest BCUT2D eigenvalue weighted by Crippen LogP contribution is -2.56. The van der Waals surface area contributed by atoms with Crippen molar-refractivity contribution in [1.29, 1.82) is 0 Å². The molecule has 1 aliphatic heterocycles. The quantitative estimate of drug-likeness (QED) is 0.758. The van der Waals surface area contributed by atoms with Crippen molar-refractivity contribution in [3.8, 4) is 0 Å². The molecule has 18 heavy (non-hydrogen) atoms. The molecule has 2 unspecified atom stereocenters. The topological polar surface area (TPSA) is 24.5 Å². The number of nitrogens with zero attached hydrogens (tertiary/aromatic N) is 1. The van der Waals surface area contributed by atoms with E-state index in [4.69, 9.17) is 4.74 Å². The minimum Gasteiger partial charge on any atom is -0.379 e. The lowest BCUT2D eigenvalue weighted by atomic mass is 10.00. The summed E-state index contributed by atoms with van der Waals surface area (Å²) in [5, 5.41) is 3.67. The summed E-state index contributed by atoms with van der Waals surface area (Å²) >= 11 is 0. The highest BCUT2D eigenvalue weighted by Gasteiger charge is 2.28. The molecule has 1 fully saturated rings. The Bertz CT molecular complexity index is 231. The van der Waals surface area contributed by atoms with E-state index in [1.54, 1.807) is 0 Å². The van der Waals surface area contributed by atoms with Crippen molar-refractivity contribution in [2.24, 2.45) is 0 Å². The minimum absolute atomic E-state index is 0.00333. The summed E-state index contributed by atoms with van der Waals surface area (Å²) < 4.78 is 5.53. The lowest BCUT2D eigenvalue weighted by Gasteiger charge is -2.41. The van der Waals surface area contributed by atoms with Gasteiger partial charge in [-0.05, 0) is 33.1 Å². The maximum absolute atomic E-state index is 5.53. The molecule has 1 N–H and O–H groups in total. The lowest BCUT2D eigenvalue weighted by molar-refractivity contribution is -0.000945. The predicted octanol–water partition coefficient (Wildman–Crippen LogP) is 2.65. The van der Waals surface area contributed by atoms with Crippen LogP contribution in [0.2, 0.25) is 0 Å². The highest BCUT2D eigenvalue weighted by atomic mass is 16.5. The molecular formula is C15H32N2O. The number of methoxy groups -OCH3 is 1. The maximum atomic E-state index is 5.53. The Morgan fingerprint density at radius 2 is 2.06 bits per heavy atom. The van der Waals surface area contributed by atoms with Crippen LogP contribution in [-0.4, -0.2) is 49.3 Å². The van der Waals surface area contributed by atoms with Crippen LogP contribution in [0.1, 0.15) is 53.4 Å². The third-order valence-corrected chi connectivity index (χ3v) is 4.28. The van der Waals surface area contributed by atoms with Crippen LogP contribution in [0, 0.1) is 0 Å². The van der Waals surface area contributed by atoms with Crippen LogP contribution in [-0.2, 0) is 4.74 Å². The second kappa shape index (κ2) is 7.46. The van der Waals surface area contributed by atoms with E-state index in [-0.39, 0.29) is 5.60 Å². The summed E-state index contributed by atoms with van der Waals surface area (Å²) in [6.07, 6.45) is 4.91. The van der Waals surface area contributed by atoms with Crippen LogP contribution in [0.3, 0.4) is 0 Å². The molecule has 0 bridgehead atoms. The van der Waals surface area contributed by atoms with E-state index in [0.29, 0.717) is 12.1 Å². The van der Waals surface area contributed by atoms with Crippen molar-refractivity contribution in [2.45, 2.75) is 71.1 Å². The van der Waals surface area contributed by atoms with E-state index in [0.717, 1.165) is 19.5 Å². The van der Waals surface area contributed by atoms with Gasteiger partial charge in [-0.3, -0.25) is 4.90 Å². The molecule has 0 spiro atoms. The first kappa shape index (κ1) is 15.9. The van der Waals surface area contributed by atoms with E-state index < -0.39 is 0 Å². The minimum atomic E-state index is 0.00333. The van der Waals surface area contributed by atoms with Crippen LogP contribution in [0.15, 0.2) is 0 Å². The SMILES string of the molecule is CCCC1CNC(CC)CN1CCC(C)(C)OC. The van der Waals surface area contributed by atoms with Gasteiger partial charge in [0.2, 0.25) is 0 Å². The summed E-state index contributed by atoms with van der Waals surface area (Å²) in [7, 11) is 1.82. The fraction of sp³-hybridized carbons (Fsp3) is 1.00. The molecule has 3 nitrogen and oxygen atoms in total. The fourth-order valence-electron chi connectivity index (χ4n) is 2.61. The Hall–Kier alpha value is -0.120. The van der Waals surface area contributed by atoms with Crippen molar-refractivity contribution in [1.82, 2.24) is 10.2 Å². The summed E-state index contributed by atoms with van der Waals surface area (Å²) in [4.78, 5) is 2.68. The first-order chi connectivity index (χ1) is 8.52. The normalized spacial score (nSPS) is 26.5. The molecule has 1 saturated heterocycles. The second-order valence-electron chi connectivity index (χ2n) is 6.16. The second-order valence-corrected chi connectivity index (χ2v) is 6.16. The zero-order valence-electron chi connectivity index (χ0n) is 13.0. The van der Waals surface area contributed by atoms with Crippen molar-refractivity contribution in [3.63, 3.8) is 0 Å². The van der Waals surface area contributed by atoms with E-state index >= 15 is 0 Å². The predicted molar refractivity (Wildman–Crippen MR) is 78.1 cm³/mol. The van der Waals surface area contributed by atoms with E-state index in [2.05, 4.69) is 37.9 Å². The molecule has 0 amide bonds. The Kier molecular flexibility index (Phi) is 6.61. The van der Waals surface area contributed by atoms with Gasteiger partial charge in [-0.25, -0.2) is 0 Å². The summed E-state index contributed by atoms with van der Waals surface area (Å²) in [6.45, 7) is 12.4. The van der Waals surface area contributed by atoms with Gasteiger partial charge in [0.15, 0.2) is 0 Å². The van der Waals surface area contributed by atoms with Crippen molar-refractivity contribution in [3.05, 3.63) is 0 Å². The Morgan fingerprint density at radius 1 is 1.33 bits per heavy atom. The molecule has 1 heterocycles. The Labute approximate surface area is 113 Å². The summed E-state index contributed by atoms with van der Waals surface area (Å²) in [6, 6.07) is 1.38. The van der Waals surface area contributed by atoms with Crippen LogP contribution in [0.4, 0.5) is 0 Å². The van der Waals surface area contributed by atoms with Gasteiger partial charge < -0.3 is 10.1 Å². The van der Waals surface area contributed by atoms with Crippen LogP contribution < -0.4 is 5.32 Å². The van der Waals surface area contributed by atoms with Gasteiger partial charge in [0, 0.05) is 38.8 Å². The molecule has 0 aromatic carbocycles. The van der Waals surface area contributed by atoms with E-state index in [1.807, 2.05) is 7.11 Å². The molecule has 2 atom stereocenters. The average molecular weight is 256 g/mol. The van der Waals surface area contributed by atoms with E-state index in [9.17, 15) is 0 Å². The van der Waals surface area contributed by atoms with Gasteiger partial charge >= 0.3 is 0 Å². The zero-order chi connectivity index (χ0) is 13.6. The molecule has 1 rings (SSSR count). The van der Waals surface area contributed by atoms with Gasteiger partial charge in [0.1, 0.15) is 0 Å². The monoisotopic (exact) mass is 256 g/mol. The van der Waals surface area contributed by atoms with Gasteiger partial charge in [-0.1, -0.05) is 20.3 Å². The number of hydrogen-bond acceptors (Lipinski definition) is 3. The molecular weight excluding hydrogens is 224 g/mol. The fourth-order valence-corrected chi connectivity index (χ4v) is 2.61. The highest BCUT2D eigenvalue weighted by molar-refractivity contribution is 4.86. The van der Waals surface area contributed by atoms with Crippen molar-refractivity contribution >= 4 is 0 Å². The van der Waals surface area contributed by atoms with Crippen LogP contribution in [0.5, 0.6) is 0 Å². The number of ether oxygens (including phenoxy) is 1. The molecule has 3 heteroatoms. The molecule has 108 valence electrons. The molecule has 0 radical (unpaired) electrons. The summed E-state index contributed by atoms with van der Waals surface area (Å²) in [5.41, 5.74) is 0.00333. The average Bonchev–Trinajstić information content (AvgIpc) is 2.38. The van der Waals surface area contributed by atoms with Crippen LogP contribution in [0.25, 0.3) is 0 Å². The number of nitrogens with one attached hydrogen (secondary N) is 1. The smallest absolute Gasteiger partial charge is 0.0634 e. The van der Waals surface area contributed by atoms with E-state index in [1.165, 1.54) is 25.8 Å². The first-order valence-corrected chi connectivity index (χ1v) is 7.55. The third kappa shape index (κ3) is 4.87.